The third-order valence-electron chi connectivity index (χ3n) is 3.34. The van der Waals surface area contributed by atoms with Gasteiger partial charge in [-0.1, -0.05) is 31.2 Å². The summed E-state index contributed by atoms with van der Waals surface area (Å²) in [5.74, 6) is 0. The van der Waals surface area contributed by atoms with Crippen molar-refractivity contribution in [3.8, 4) is 0 Å². The molecule has 1 aromatic carbocycles. The molecule has 3 N–H and O–H groups in total. The maximum Gasteiger partial charge on any atom is 0.216 e. The molecule has 6 heteroatoms. The van der Waals surface area contributed by atoms with Crippen LogP contribution in [0.3, 0.4) is 0 Å². The molecule has 0 amide bonds. The smallest absolute Gasteiger partial charge is 0.216 e. The van der Waals surface area contributed by atoms with Crippen LogP contribution in [-0.4, -0.2) is 25.2 Å². The highest BCUT2D eigenvalue weighted by Gasteiger charge is 2.21. The van der Waals surface area contributed by atoms with Crippen molar-refractivity contribution in [1.82, 2.24) is 9.71 Å². The van der Waals surface area contributed by atoms with E-state index in [9.17, 15) is 8.42 Å². The molecule has 0 fully saturated rings. The summed E-state index contributed by atoms with van der Waals surface area (Å²) >= 11 is 0. The zero-order valence-electron chi connectivity index (χ0n) is 11.4. The minimum atomic E-state index is -3.39. The second-order valence-electron chi connectivity index (χ2n) is 4.62. The SMILES string of the molecule is CCC(CN)S(=O)(=O)NCc1cccc2cccnc12. The molecule has 2 rings (SSSR count). The molecule has 0 aliphatic carbocycles. The largest absolute Gasteiger partial charge is 0.329 e. The lowest BCUT2D eigenvalue weighted by Gasteiger charge is -2.15. The quantitative estimate of drug-likeness (QED) is 0.843. The molecule has 0 bridgehead atoms. The number of aromatic nitrogens is 1. The summed E-state index contributed by atoms with van der Waals surface area (Å²) in [6.07, 6.45) is 2.20. The summed E-state index contributed by atoms with van der Waals surface area (Å²) in [4.78, 5) is 4.31. The van der Waals surface area contributed by atoms with Crippen LogP contribution in [0.15, 0.2) is 36.5 Å². The lowest BCUT2D eigenvalue weighted by molar-refractivity contribution is 0.561. The monoisotopic (exact) mass is 293 g/mol. The number of para-hydroxylation sites is 1. The highest BCUT2D eigenvalue weighted by atomic mass is 32.2. The van der Waals surface area contributed by atoms with Crippen molar-refractivity contribution >= 4 is 20.9 Å². The summed E-state index contributed by atoms with van der Waals surface area (Å²) in [6.45, 7) is 2.17. The van der Waals surface area contributed by atoms with Gasteiger partial charge >= 0.3 is 0 Å². The van der Waals surface area contributed by atoms with Gasteiger partial charge in [0.05, 0.1) is 10.8 Å². The average Bonchev–Trinajstić information content (AvgIpc) is 2.46. The maximum absolute atomic E-state index is 12.1. The van der Waals surface area contributed by atoms with E-state index in [2.05, 4.69) is 9.71 Å². The first-order valence-electron chi connectivity index (χ1n) is 6.59. The van der Waals surface area contributed by atoms with Gasteiger partial charge in [0.25, 0.3) is 0 Å². The molecule has 5 nitrogen and oxygen atoms in total. The van der Waals surface area contributed by atoms with E-state index in [1.54, 1.807) is 6.20 Å². The number of pyridine rings is 1. The molecule has 0 aliphatic rings. The summed E-state index contributed by atoms with van der Waals surface area (Å²) in [5, 5.41) is 0.445. The van der Waals surface area contributed by atoms with Crippen LogP contribution >= 0.6 is 0 Å². The topological polar surface area (TPSA) is 85.1 Å². The predicted octanol–water partition coefficient (Wildman–Crippen LogP) is 1.39. The Balaban J connectivity index is 2.22. The van der Waals surface area contributed by atoms with Gasteiger partial charge in [0.15, 0.2) is 0 Å². The molecular formula is C14H19N3O2S. The van der Waals surface area contributed by atoms with Gasteiger partial charge in [0.1, 0.15) is 0 Å². The fourth-order valence-electron chi connectivity index (χ4n) is 2.12. The number of benzene rings is 1. The fraction of sp³-hybridized carbons (Fsp3) is 0.357. The number of hydrogen-bond donors (Lipinski definition) is 2. The van der Waals surface area contributed by atoms with Crippen molar-refractivity contribution in [2.45, 2.75) is 25.1 Å². The average molecular weight is 293 g/mol. The molecule has 20 heavy (non-hydrogen) atoms. The summed E-state index contributed by atoms with van der Waals surface area (Å²) < 4.78 is 26.8. The molecule has 0 radical (unpaired) electrons. The molecule has 1 unspecified atom stereocenters. The number of sulfonamides is 1. The van der Waals surface area contributed by atoms with Crippen molar-refractivity contribution in [1.29, 1.82) is 0 Å². The Morgan fingerprint density at radius 3 is 2.75 bits per heavy atom. The van der Waals surface area contributed by atoms with E-state index < -0.39 is 15.3 Å². The Hall–Kier alpha value is -1.50. The summed E-state index contributed by atoms with van der Waals surface area (Å²) in [5.41, 5.74) is 7.18. The minimum absolute atomic E-state index is 0.125. The molecule has 0 saturated heterocycles. The van der Waals surface area contributed by atoms with Crippen molar-refractivity contribution < 1.29 is 8.42 Å². The first-order valence-corrected chi connectivity index (χ1v) is 8.14. The minimum Gasteiger partial charge on any atom is -0.329 e. The van der Waals surface area contributed by atoms with Gasteiger partial charge in [-0.25, -0.2) is 13.1 Å². The van der Waals surface area contributed by atoms with E-state index in [0.29, 0.717) is 6.42 Å². The standard InChI is InChI=1S/C14H19N3O2S/c1-2-13(9-15)20(18,19)17-10-12-6-3-5-11-7-4-8-16-14(11)12/h3-8,13,17H,2,9-10,15H2,1H3. The van der Waals surface area contributed by atoms with Gasteiger partial charge in [0, 0.05) is 24.7 Å². The van der Waals surface area contributed by atoms with Crippen molar-refractivity contribution in [3.63, 3.8) is 0 Å². The van der Waals surface area contributed by atoms with Gasteiger partial charge in [0.2, 0.25) is 10.0 Å². The number of nitrogens with one attached hydrogen (secondary N) is 1. The van der Waals surface area contributed by atoms with E-state index in [1.165, 1.54) is 0 Å². The fourth-order valence-corrected chi connectivity index (χ4v) is 3.40. The first-order chi connectivity index (χ1) is 9.58. The van der Waals surface area contributed by atoms with Crippen LogP contribution in [0.2, 0.25) is 0 Å². The van der Waals surface area contributed by atoms with Gasteiger partial charge in [-0.2, -0.15) is 0 Å². The Labute approximate surface area is 119 Å². The molecule has 108 valence electrons. The zero-order chi connectivity index (χ0) is 14.6. The lowest BCUT2D eigenvalue weighted by atomic mass is 10.1. The number of fused-ring (bicyclic) bond motifs is 1. The zero-order valence-corrected chi connectivity index (χ0v) is 12.2. The van der Waals surface area contributed by atoms with Gasteiger partial charge in [-0.3, -0.25) is 4.98 Å². The van der Waals surface area contributed by atoms with E-state index >= 15 is 0 Å². The van der Waals surface area contributed by atoms with Crippen LogP contribution in [0.5, 0.6) is 0 Å². The number of nitrogens with zero attached hydrogens (tertiary/aromatic N) is 1. The van der Waals surface area contributed by atoms with Crippen LogP contribution < -0.4 is 10.5 Å². The summed E-state index contributed by atoms with van der Waals surface area (Å²) in [7, 11) is -3.39. The second kappa shape index (κ2) is 6.30. The molecule has 0 aliphatic heterocycles. The molecule has 0 spiro atoms. The van der Waals surface area contributed by atoms with E-state index in [-0.39, 0.29) is 13.1 Å². The van der Waals surface area contributed by atoms with E-state index in [1.807, 2.05) is 37.3 Å². The number of nitrogens with two attached hydrogens (primary N) is 1. The van der Waals surface area contributed by atoms with Crippen LogP contribution in [0.25, 0.3) is 10.9 Å². The Kier molecular flexibility index (Phi) is 4.69. The van der Waals surface area contributed by atoms with Crippen molar-refractivity contribution in [3.05, 3.63) is 42.1 Å². The van der Waals surface area contributed by atoms with Crippen LogP contribution in [-0.2, 0) is 16.6 Å². The molecule has 1 atom stereocenters. The van der Waals surface area contributed by atoms with Crippen molar-refractivity contribution in [2.24, 2.45) is 5.73 Å². The molecular weight excluding hydrogens is 274 g/mol. The van der Waals surface area contributed by atoms with Crippen LogP contribution in [0.1, 0.15) is 18.9 Å². The third-order valence-corrected chi connectivity index (χ3v) is 5.29. The number of hydrogen-bond acceptors (Lipinski definition) is 4. The molecule has 2 aromatic rings. The van der Waals surface area contributed by atoms with Crippen LogP contribution in [0, 0.1) is 0 Å². The van der Waals surface area contributed by atoms with E-state index in [0.717, 1.165) is 16.5 Å². The van der Waals surface area contributed by atoms with Gasteiger partial charge in [-0.05, 0) is 18.1 Å². The first kappa shape index (κ1) is 14.9. The van der Waals surface area contributed by atoms with Gasteiger partial charge in [-0.15, -0.1) is 0 Å². The second-order valence-corrected chi connectivity index (χ2v) is 6.67. The Morgan fingerprint density at radius 2 is 2.05 bits per heavy atom. The normalized spacial score (nSPS) is 13.5. The Bertz CT molecular complexity index is 676. The molecule has 0 saturated carbocycles. The maximum atomic E-state index is 12.1. The third kappa shape index (κ3) is 3.15. The van der Waals surface area contributed by atoms with Gasteiger partial charge < -0.3 is 5.73 Å². The highest BCUT2D eigenvalue weighted by molar-refractivity contribution is 7.90. The Morgan fingerprint density at radius 1 is 1.30 bits per heavy atom. The lowest BCUT2D eigenvalue weighted by Crippen LogP contribution is -2.38. The van der Waals surface area contributed by atoms with E-state index in [4.69, 9.17) is 5.73 Å². The molecule has 1 aromatic heterocycles. The number of rotatable bonds is 6. The molecule has 1 heterocycles. The predicted molar refractivity (Wildman–Crippen MR) is 80.6 cm³/mol. The van der Waals surface area contributed by atoms with Crippen LogP contribution in [0.4, 0.5) is 0 Å². The summed E-state index contributed by atoms with van der Waals surface area (Å²) in [6, 6.07) is 9.54. The highest BCUT2D eigenvalue weighted by Crippen LogP contribution is 2.16. The van der Waals surface area contributed by atoms with Crippen molar-refractivity contribution in [2.75, 3.05) is 6.54 Å².